The Morgan fingerprint density at radius 2 is 2.44 bits per heavy atom. The number of nitrogens with zero attached hydrogens (tertiary/aromatic N) is 2. The van der Waals surface area contributed by atoms with Crippen LogP contribution in [0.4, 0.5) is 0 Å². The van der Waals surface area contributed by atoms with Gasteiger partial charge in [0.1, 0.15) is 12.1 Å². The molecule has 84 valence electrons. The quantitative estimate of drug-likeness (QED) is 0.445. The molecule has 0 unspecified atom stereocenters. The van der Waals surface area contributed by atoms with Crippen LogP contribution < -0.4 is 5.32 Å². The van der Waals surface area contributed by atoms with E-state index in [1.54, 1.807) is 18.4 Å². The fraction of sp³-hybridized carbons (Fsp3) is 0.167. The number of aromatic nitrogens is 2. The smallest absolute Gasteiger partial charge is 0.149 e. The van der Waals surface area contributed by atoms with E-state index < -0.39 is 0 Å². The van der Waals surface area contributed by atoms with E-state index in [0.717, 1.165) is 11.5 Å². The summed E-state index contributed by atoms with van der Waals surface area (Å²) < 4.78 is 1.88. The second-order valence-electron chi connectivity index (χ2n) is 3.31. The van der Waals surface area contributed by atoms with Crippen LogP contribution in [0.5, 0.6) is 0 Å². The highest BCUT2D eigenvalue weighted by Crippen LogP contribution is 2.04. The molecule has 4 nitrogen and oxygen atoms in total. The van der Waals surface area contributed by atoms with E-state index in [1.165, 1.54) is 0 Å². The third-order valence-corrected chi connectivity index (χ3v) is 1.99. The van der Waals surface area contributed by atoms with Crippen molar-refractivity contribution in [3.8, 4) is 0 Å². The molecule has 0 fully saturated rings. The first-order valence-electron chi connectivity index (χ1n) is 4.86. The number of imidazole rings is 1. The molecule has 0 aliphatic rings. The van der Waals surface area contributed by atoms with Crippen LogP contribution in [0.15, 0.2) is 37.2 Å². The largest absolute Gasteiger partial charge is 0.386 e. The Morgan fingerprint density at radius 1 is 1.69 bits per heavy atom. The van der Waals surface area contributed by atoms with Crippen LogP contribution in [0, 0.1) is 0 Å². The lowest BCUT2D eigenvalue weighted by Crippen LogP contribution is -2.03. The van der Waals surface area contributed by atoms with Crippen LogP contribution in [-0.2, 0) is 18.4 Å². The first kappa shape index (κ1) is 12.0. The van der Waals surface area contributed by atoms with Crippen molar-refractivity contribution in [1.82, 2.24) is 14.9 Å². The molecule has 0 amide bonds. The summed E-state index contributed by atoms with van der Waals surface area (Å²) in [5, 5.41) is 2.97. The number of allylic oxidation sites excluding steroid dienone is 2. The molecule has 0 aromatic carbocycles. The van der Waals surface area contributed by atoms with E-state index in [9.17, 15) is 4.79 Å². The number of rotatable bonds is 6. The van der Waals surface area contributed by atoms with Gasteiger partial charge in [-0.05, 0) is 18.4 Å². The van der Waals surface area contributed by atoms with Crippen molar-refractivity contribution in [2.75, 3.05) is 0 Å². The first-order chi connectivity index (χ1) is 7.67. The molecular weight excluding hydrogens is 202 g/mol. The van der Waals surface area contributed by atoms with E-state index in [1.807, 2.05) is 17.8 Å². The number of hydrogen-bond donors (Lipinski definition) is 1. The fourth-order valence-corrected chi connectivity index (χ4v) is 1.18. The predicted octanol–water partition coefficient (Wildman–Crippen LogP) is 1.42. The average Bonchev–Trinajstić information content (AvgIpc) is 2.64. The average molecular weight is 217 g/mol. The monoisotopic (exact) mass is 217 g/mol. The lowest BCUT2D eigenvalue weighted by atomic mass is 10.3. The summed E-state index contributed by atoms with van der Waals surface area (Å²) in [7, 11) is 1.90. The molecule has 0 saturated heterocycles. The van der Waals surface area contributed by atoms with Crippen LogP contribution >= 0.6 is 0 Å². The minimum atomic E-state index is 0.425. The van der Waals surface area contributed by atoms with Crippen molar-refractivity contribution in [3.63, 3.8) is 0 Å². The van der Waals surface area contributed by atoms with Crippen LogP contribution in [0.3, 0.4) is 0 Å². The van der Waals surface area contributed by atoms with Crippen LogP contribution in [-0.4, -0.2) is 15.8 Å². The minimum Gasteiger partial charge on any atom is -0.386 e. The number of aldehydes is 1. The Balaban J connectivity index is 2.77. The van der Waals surface area contributed by atoms with Crippen molar-refractivity contribution in [2.45, 2.75) is 6.54 Å². The summed E-state index contributed by atoms with van der Waals surface area (Å²) in [6.45, 7) is 7.76. The van der Waals surface area contributed by atoms with Crippen molar-refractivity contribution < 1.29 is 4.79 Å². The third kappa shape index (κ3) is 3.24. The molecule has 4 heteroatoms. The summed E-state index contributed by atoms with van der Waals surface area (Å²) in [6, 6.07) is 0. The van der Waals surface area contributed by atoms with Gasteiger partial charge in [-0.3, -0.25) is 4.79 Å². The Labute approximate surface area is 95.0 Å². The maximum atomic E-state index is 10.4. The number of hydrogen-bond acceptors (Lipinski definition) is 3. The van der Waals surface area contributed by atoms with E-state index in [0.29, 0.717) is 18.4 Å². The molecule has 1 heterocycles. The second kappa shape index (κ2) is 5.70. The van der Waals surface area contributed by atoms with E-state index in [-0.39, 0.29) is 0 Å². The van der Waals surface area contributed by atoms with Crippen LogP contribution in [0.2, 0.25) is 0 Å². The summed E-state index contributed by atoms with van der Waals surface area (Å²) >= 11 is 0. The van der Waals surface area contributed by atoms with Crippen molar-refractivity contribution in [2.24, 2.45) is 7.05 Å². The van der Waals surface area contributed by atoms with Crippen LogP contribution in [0.25, 0.3) is 6.08 Å². The maximum Gasteiger partial charge on any atom is 0.149 e. The first-order valence-corrected chi connectivity index (χ1v) is 4.86. The number of nitrogens with one attached hydrogen (secondary N) is 1. The Kier molecular flexibility index (Phi) is 4.27. The van der Waals surface area contributed by atoms with Crippen molar-refractivity contribution in [1.29, 1.82) is 0 Å². The van der Waals surface area contributed by atoms with Crippen molar-refractivity contribution in [3.05, 3.63) is 48.7 Å². The molecular formula is C12H15N3O. The summed E-state index contributed by atoms with van der Waals surface area (Å²) in [5.74, 6) is 0.781. The van der Waals surface area contributed by atoms with Crippen molar-refractivity contribution >= 4 is 12.4 Å². The lowest BCUT2D eigenvalue weighted by molar-refractivity contribution is -0.104. The Morgan fingerprint density at radius 3 is 3.06 bits per heavy atom. The summed E-state index contributed by atoms with van der Waals surface area (Å²) in [5.41, 5.74) is 1.34. The normalized spacial score (nSPS) is 10.3. The molecule has 0 aliphatic heterocycles. The molecule has 0 bridgehead atoms. The number of aryl methyl sites for hydroxylation is 1. The number of carbonyl (C=O) groups is 1. The number of carbonyl (C=O) groups excluding carboxylic acids is 1. The molecule has 0 radical (unpaired) electrons. The highest BCUT2D eigenvalue weighted by Gasteiger charge is 2.00. The minimum absolute atomic E-state index is 0.425. The summed E-state index contributed by atoms with van der Waals surface area (Å²) in [6.07, 6.45) is 7.64. The highest BCUT2D eigenvalue weighted by molar-refractivity contribution is 5.78. The zero-order valence-corrected chi connectivity index (χ0v) is 9.31. The Bertz CT molecular complexity index is 429. The molecule has 1 N–H and O–H groups in total. The lowest BCUT2D eigenvalue weighted by Gasteiger charge is -1.92. The summed E-state index contributed by atoms with van der Waals surface area (Å²) in [4.78, 5) is 14.7. The van der Waals surface area contributed by atoms with E-state index >= 15 is 0 Å². The molecule has 1 rings (SSSR count). The topological polar surface area (TPSA) is 46.9 Å². The maximum absolute atomic E-state index is 10.4. The molecule has 0 saturated carbocycles. The molecule has 0 aliphatic carbocycles. The van der Waals surface area contributed by atoms with Gasteiger partial charge in [-0.15, -0.1) is 0 Å². The van der Waals surface area contributed by atoms with Gasteiger partial charge < -0.3 is 9.88 Å². The van der Waals surface area contributed by atoms with Gasteiger partial charge in [-0.1, -0.05) is 13.2 Å². The second-order valence-corrected chi connectivity index (χ2v) is 3.31. The molecule has 0 atom stereocenters. The van der Waals surface area contributed by atoms with Gasteiger partial charge in [0.15, 0.2) is 0 Å². The fourth-order valence-electron chi connectivity index (χ4n) is 1.18. The van der Waals surface area contributed by atoms with Gasteiger partial charge >= 0.3 is 0 Å². The van der Waals surface area contributed by atoms with Gasteiger partial charge in [0, 0.05) is 18.8 Å². The highest BCUT2D eigenvalue weighted by atomic mass is 16.1. The molecule has 1 aromatic heterocycles. The van der Waals surface area contributed by atoms with Gasteiger partial charge in [0.05, 0.1) is 12.2 Å². The van der Waals surface area contributed by atoms with Crippen LogP contribution in [0.1, 0.15) is 11.5 Å². The van der Waals surface area contributed by atoms with Gasteiger partial charge in [-0.25, -0.2) is 4.98 Å². The zero-order chi connectivity index (χ0) is 12.0. The van der Waals surface area contributed by atoms with Gasteiger partial charge in [0.2, 0.25) is 0 Å². The van der Waals surface area contributed by atoms with E-state index in [2.05, 4.69) is 23.5 Å². The predicted molar refractivity (Wildman–Crippen MR) is 64.5 cm³/mol. The zero-order valence-electron chi connectivity index (χ0n) is 9.31. The SMILES string of the molecule is C=CNCc1cn(C)c(/C=C\C(=C)C=O)n1. The van der Waals surface area contributed by atoms with Gasteiger partial charge in [0.25, 0.3) is 0 Å². The van der Waals surface area contributed by atoms with Gasteiger partial charge in [-0.2, -0.15) is 0 Å². The Hall–Kier alpha value is -2.10. The van der Waals surface area contributed by atoms with E-state index in [4.69, 9.17) is 0 Å². The standard InChI is InChI=1S/C12H15N3O/c1-4-13-7-11-8-15(3)12(14-11)6-5-10(2)9-16/h4-6,8-9,13H,1-2,7H2,3H3/b6-5-. The molecule has 16 heavy (non-hydrogen) atoms. The third-order valence-electron chi connectivity index (χ3n) is 1.99. The molecule has 1 aromatic rings. The molecule has 0 spiro atoms.